The monoisotopic (exact) mass is 157 g/mol. The Kier molecular flexibility index (Phi) is 2.43. The Morgan fingerprint density at radius 1 is 1.64 bits per heavy atom. The van der Waals surface area contributed by atoms with Crippen LogP contribution in [0.3, 0.4) is 0 Å². The molecule has 0 fully saturated rings. The van der Waals surface area contributed by atoms with Crippen LogP contribution in [-0.2, 0) is 0 Å². The topological polar surface area (TPSA) is 74.2 Å². The van der Waals surface area contributed by atoms with Gasteiger partial charge in [-0.25, -0.2) is 4.63 Å². The van der Waals surface area contributed by atoms with E-state index in [9.17, 15) is 0 Å². The van der Waals surface area contributed by atoms with E-state index in [0.717, 1.165) is 0 Å². The Hall–Kier alpha value is -1.10. The molecule has 1 atom stereocenters. The van der Waals surface area contributed by atoms with Crippen LogP contribution in [-0.4, -0.2) is 23.0 Å². The van der Waals surface area contributed by atoms with E-state index in [1.54, 1.807) is 6.92 Å². The van der Waals surface area contributed by atoms with Gasteiger partial charge in [-0.2, -0.15) is 0 Å². The lowest BCUT2D eigenvalue weighted by molar-refractivity contribution is 0.246. The SMILES string of the molecule is Cc1nonc1OC[C@H](C)N. The molecule has 1 heterocycles. The standard InChI is InChI=1S/C6H11N3O2/c1-4(7)3-10-6-5(2)8-11-9-6/h4H,3,7H2,1-2H3/t4-/m0/s1. The summed E-state index contributed by atoms with van der Waals surface area (Å²) in [4.78, 5) is 0. The van der Waals surface area contributed by atoms with Crippen molar-refractivity contribution >= 4 is 0 Å². The highest BCUT2D eigenvalue weighted by Crippen LogP contribution is 2.09. The number of rotatable bonds is 3. The van der Waals surface area contributed by atoms with Crippen molar-refractivity contribution in [1.82, 2.24) is 10.3 Å². The highest BCUT2D eigenvalue weighted by molar-refractivity contribution is 5.11. The minimum Gasteiger partial charge on any atom is -0.473 e. The summed E-state index contributed by atoms with van der Waals surface area (Å²) >= 11 is 0. The molecule has 0 aliphatic rings. The average molecular weight is 157 g/mol. The number of nitrogens with two attached hydrogens (primary N) is 1. The molecule has 0 radical (unpaired) electrons. The smallest absolute Gasteiger partial charge is 0.278 e. The van der Waals surface area contributed by atoms with Crippen LogP contribution < -0.4 is 10.5 Å². The number of ether oxygens (including phenoxy) is 1. The maximum atomic E-state index is 5.46. The molecular weight excluding hydrogens is 146 g/mol. The van der Waals surface area contributed by atoms with E-state index in [2.05, 4.69) is 14.9 Å². The first-order valence-corrected chi connectivity index (χ1v) is 3.37. The predicted octanol–water partition coefficient (Wildman–Crippen LogP) is 0.104. The molecule has 0 aromatic carbocycles. The second-order valence-corrected chi connectivity index (χ2v) is 2.44. The highest BCUT2D eigenvalue weighted by Gasteiger charge is 2.05. The molecule has 0 amide bonds. The summed E-state index contributed by atoms with van der Waals surface area (Å²) in [6.07, 6.45) is 0. The minimum absolute atomic E-state index is 0.00824. The van der Waals surface area contributed by atoms with Crippen molar-refractivity contribution in [3.05, 3.63) is 5.69 Å². The van der Waals surface area contributed by atoms with Crippen molar-refractivity contribution in [3.8, 4) is 5.88 Å². The molecule has 5 heteroatoms. The van der Waals surface area contributed by atoms with Gasteiger partial charge in [-0.15, -0.1) is 0 Å². The lowest BCUT2D eigenvalue weighted by atomic mass is 10.4. The third-order valence-corrected chi connectivity index (χ3v) is 1.09. The summed E-state index contributed by atoms with van der Waals surface area (Å²) in [5.74, 6) is 0.419. The predicted molar refractivity (Wildman–Crippen MR) is 38.2 cm³/mol. The largest absolute Gasteiger partial charge is 0.473 e. The summed E-state index contributed by atoms with van der Waals surface area (Å²) in [7, 11) is 0. The van der Waals surface area contributed by atoms with Gasteiger partial charge in [-0.1, -0.05) is 5.16 Å². The van der Waals surface area contributed by atoms with E-state index in [0.29, 0.717) is 18.2 Å². The third kappa shape index (κ3) is 2.19. The second-order valence-electron chi connectivity index (χ2n) is 2.44. The molecule has 0 spiro atoms. The van der Waals surface area contributed by atoms with Gasteiger partial charge in [-0.3, -0.25) is 0 Å². The Balaban J connectivity index is 2.44. The van der Waals surface area contributed by atoms with E-state index in [4.69, 9.17) is 10.5 Å². The van der Waals surface area contributed by atoms with Crippen LogP contribution in [0.4, 0.5) is 0 Å². The van der Waals surface area contributed by atoms with Gasteiger partial charge in [0.1, 0.15) is 12.3 Å². The van der Waals surface area contributed by atoms with Gasteiger partial charge in [0.15, 0.2) is 0 Å². The van der Waals surface area contributed by atoms with Crippen LogP contribution in [0.5, 0.6) is 5.88 Å². The zero-order chi connectivity index (χ0) is 8.27. The average Bonchev–Trinajstić information content (AvgIpc) is 2.31. The molecule has 1 aromatic heterocycles. The number of aryl methyl sites for hydroxylation is 1. The van der Waals surface area contributed by atoms with Crippen molar-refractivity contribution in [2.24, 2.45) is 5.73 Å². The van der Waals surface area contributed by atoms with Crippen LogP contribution >= 0.6 is 0 Å². The quantitative estimate of drug-likeness (QED) is 0.673. The molecule has 1 rings (SSSR count). The van der Waals surface area contributed by atoms with Gasteiger partial charge in [0.25, 0.3) is 5.88 Å². The van der Waals surface area contributed by atoms with Gasteiger partial charge in [-0.05, 0) is 19.0 Å². The first-order chi connectivity index (χ1) is 5.20. The van der Waals surface area contributed by atoms with Gasteiger partial charge < -0.3 is 10.5 Å². The lowest BCUT2D eigenvalue weighted by Crippen LogP contribution is -2.23. The molecule has 0 aliphatic carbocycles. The van der Waals surface area contributed by atoms with Crippen LogP contribution in [0.1, 0.15) is 12.6 Å². The van der Waals surface area contributed by atoms with Crippen LogP contribution in [0.2, 0.25) is 0 Å². The molecule has 5 nitrogen and oxygen atoms in total. The molecular formula is C6H11N3O2. The van der Waals surface area contributed by atoms with Crippen LogP contribution in [0, 0.1) is 6.92 Å². The van der Waals surface area contributed by atoms with Crippen molar-refractivity contribution < 1.29 is 9.37 Å². The van der Waals surface area contributed by atoms with E-state index in [-0.39, 0.29) is 6.04 Å². The van der Waals surface area contributed by atoms with Crippen LogP contribution in [0.25, 0.3) is 0 Å². The van der Waals surface area contributed by atoms with Gasteiger partial charge >= 0.3 is 0 Å². The first-order valence-electron chi connectivity index (χ1n) is 3.37. The number of aromatic nitrogens is 2. The Bertz CT molecular complexity index is 221. The fourth-order valence-corrected chi connectivity index (χ4v) is 0.565. The maximum Gasteiger partial charge on any atom is 0.278 e. The van der Waals surface area contributed by atoms with Crippen molar-refractivity contribution in [2.75, 3.05) is 6.61 Å². The summed E-state index contributed by atoms with van der Waals surface area (Å²) in [6.45, 7) is 4.03. The minimum atomic E-state index is -0.00824. The number of hydrogen-bond acceptors (Lipinski definition) is 5. The third-order valence-electron chi connectivity index (χ3n) is 1.09. The van der Waals surface area contributed by atoms with Crippen molar-refractivity contribution in [2.45, 2.75) is 19.9 Å². The molecule has 62 valence electrons. The summed E-state index contributed by atoms with van der Waals surface area (Å²) in [6, 6.07) is -0.00824. The molecule has 0 saturated heterocycles. The van der Waals surface area contributed by atoms with Gasteiger partial charge in [0.05, 0.1) is 0 Å². The molecule has 2 N–H and O–H groups in total. The first kappa shape index (κ1) is 8.00. The summed E-state index contributed by atoms with van der Waals surface area (Å²) in [5, 5.41) is 7.07. The summed E-state index contributed by atoms with van der Waals surface area (Å²) in [5.41, 5.74) is 6.10. The molecule has 0 bridgehead atoms. The Morgan fingerprint density at radius 3 is 2.82 bits per heavy atom. The van der Waals surface area contributed by atoms with Crippen molar-refractivity contribution in [1.29, 1.82) is 0 Å². The van der Waals surface area contributed by atoms with E-state index in [1.807, 2.05) is 6.92 Å². The fraction of sp³-hybridized carbons (Fsp3) is 0.667. The Morgan fingerprint density at radius 2 is 2.36 bits per heavy atom. The molecule has 0 saturated carbocycles. The normalized spacial score (nSPS) is 13.0. The maximum absolute atomic E-state index is 5.46. The van der Waals surface area contributed by atoms with Crippen LogP contribution in [0.15, 0.2) is 4.63 Å². The summed E-state index contributed by atoms with van der Waals surface area (Å²) < 4.78 is 9.56. The number of hydrogen-bond donors (Lipinski definition) is 1. The Labute approximate surface area is 64.5 Å². The molecule has 11 heavy (non-hydrogen) atoms. The molecule has 0 aliphatic heterocycles. The zero-order valence-electron chi connectivity index (χ0n) is 6.57. The fourth-order valence-electron chi connectivity index (χ4n) is 0.565. The highest BCUT2D eigenvalue weighted by atomic mass is 16.6. The number of nitrogens with zero attached hydrogens (tertiary/aromatic N) is 2. The van der Waals surface area contributed by atoms with Gasteiger partial charge in [0, 0.05) is 6.04 Å². The molecule has 1 aromatic rings. The van der Waals surface area contributed by atoms with Crippen molar-refractivity contribution in [3.63, 3.8) is 0 Å². The van der Waals surface area contributed by atoms with E-state index >= 15 is 0 Å². The second kappa shape index (κ2) is 3.34. The molecule has 0 unspecified atom stereocenters. The zero-order valence-corrected chi connectivity index (χ0v) is 6.57. The lowest BCUT2D eigenvalue weighted by Gasteiger charge is -2.04. The van der Waals surface area contributed by atoms with E-state index < -0.39 is 0 Å². The van der Waals surface area contributed by atoms with E-state index in [1.165, 1.54) is 0 Å². The van der Waals surface area contributed by atoms with Gasteiger partial charge in [0.2, 0.25) is 0 Å².